The molecule has 90 valence electrons. The molecule has 0 radical (unpaired) electrons. The average Bonchev–Trinajstić information content (AvgIpc) is 2.75. The van der Waals surface area contributed by atoms with E-state index in [2.05, 4.69) is 21.9 Å². The second-order valence-electron chi connectivity index (χ2n) is 3.86. The quantitative estimate of drug-likeness (QED) is 0.797. The normalized spacial score (nSPS) is 10.5. The molecule has 0 aromatic carbocycles. The zero-order valence-electron chi connectivity index (χ0n) is 9.85. The Morgan fingerprint density at radius 2 is 2.29 bits per heavy atom. The summed E-state index contributed by atoms with van der Waals surface area (Å²) in [7, 11) is 2.06. The van der Waals surface area contributed by atoms with E-state index in [9.17, 15) is 0 Å². The van der Waals surface area contributed by atoms with Gasteiger partial charge in [-0.3, -0.25) is 4.98 Å². The molecule has 17 heavy (non-hydrogen) atoms. The van der Waals surface area contributed by atoms with Gasteiger partial charge in [0.05, 0.1) is 23.6 Å². The van der Waals surface area contributed by atoms with Crippen molar-refractivity contribution < 1.29 is 0 Å². The van der Waals surface area contributed by atoms with Gasteiger partial charge in [0, 0.05) is 35.6 Å². The third-order valence-electron chi connectivity index (χ3n) is 2.66. The van der Waals surface area contributed by atoms with Crippen molar-refractivity contribution in [1.29, 1.82) is 0 Å². The van der Waals surface area contributed by atoms with Gasteiger partial charge in [-0.25, -0.2) is 4.98 Å². The number of hydrogen-bond acceptors (Lipinski definition) is 4. The fourth-order valence-electron chi connectivity index (χ4n) is 1.67. The Morgan fingerprint density at radius 1 is 1.47 bits per heavy atom. The van der Waals surface area contributed by atoms with Gasteiger partial charge in [-0.15, -0.1) is 22.9 Å². The van der Waals surface area contributed by atoms with Gasteiger partial charge in [0.25, 0.3) is 0 Å². The molecule has 0 aliphatic carbocycles. The van der Waals surface area contributed by atoms with Crippen molar-refractivity contribution in [2.45, 2.75) is 19.3 Å². The first-order valence-electron chi connectivity index (χ1n) is 5.31. The van der Waals surface area contributed by atoms with E-state index in [1.54, 1.807) is 17.5 Å². The van der Waals surface area contributed by atoms with Gasteiger partial charge in [-0.1, -0.05) is 0 Å². The summed E-state index contributed by atoms with van der Waals surface area (Å²) in [4.78, 5) is 11.8. The van der Waals surface area contributed by atoms with Crippen molar-refractivity contribution >= 4 is 28.6 Å². The van der Waals surface area contributed by atoms with Gasteiger partial charge in [0.15, 0.2) is 0 Å². The van der Waals surface area contributed by atoms with Crippen molar-refractivity contribution in [2.75, 3.05) is 11.9 Å². The number of rotatable bonds is 4. The molecular weight excluding hydrogens is 254 g/mol. The van der Waals surface area contributed by atoms with Crippen LogP contribution in [-0.2, 0) is 12.4 Å². The topological polar surface area (TPSA) is 29.0 Å². The molecule has 3 nitrogen and oxygen atoms in total. The van der Waals surface area contributed by atoms with Crippen LogP contribution in [0.15, 0.2) is 24.0 Å². The predicted octanol–water partition coefficient (Wildman–Crippen LogP) is 3.22. The molecule has 0 aliphatic heterocycles. The maximum Gasteiger partial charge on any atom is 0.0798 e. The lowest BCUT2D eigenvalue weighted by molar-refractivity contribution is 0.915. The van der Waals surface area contributed by atoms with E-state index in [0.29, 0.717) is 5.88 Å². The van der Waals surface area contributed by atoms with Crippen molar-refractivity contribution in [3.63, 3.8) is 0 Å². The van der Waals surface area contributed by atoms with Gasteiger partial charge < -0.3 is 4.90 Å². The largest absolute Gasteiger partial charge is 0.369 e. The van der Waals surface area contributed by atoms with Gasteiger partial charge in [0.1, 0.15) is 0 Å². The number of nitrogens with zero attached hydrogens (tertiary/aromatic N) is 3. The number of anilines is 1. The third-order valence-corrected chi connectivity index (χ3v) is 3.87. The molecular formula is C12H14ClN3S. The van der Waals surface area contributed by atoms with Crippen LogP contribution in [0.25, 0.3) is 0 Å². The summed E-state index contributed by atoms with van der Waals surface area (Å²) in [5.74, 6) is 0.481. The molecule has 2 aromatic rings. The first-order valence-corrected chi connectivity index (χ1v) is 6.72. The zero-order valence-corrected chi connectivity index (χ0v) is 11.4. The molecule has 0 bridgehead atoms. The molecule has 2 aromatic heterocycles. The number of alkyl halides is 1. The molecule has 0 fully saturated rings. The minimum atomic E-state index is 0.481. The predicted molar refractivity (Wildman–Crippen MR) is 72.8 cm³/mol. The summed E-state index contributed by atoms with van der Waals surface area (Å²) in [6, 6.07) is 1.99. The highest BCUT2D eigenvalue weighted by molar-refractivity contribution is 7.09. The summed E-state index contributed by atoms with van der Waals surface area (Å²) in [6.07, 6.45) is 3.61. The van der Waals surface area contributed by atoms with Crippen molar-refractivity contribution in [3.8, 4) is 0 Å². The van der Waals surface area contributed by atoms with Crippen LogP contribution in [0.5, 0.6) is 0 Å². The van der Waals surface area contributed by atoms with Crippen LogP contribution in [0.1, 0.15) is 16.1 Å². The van der Waals surface area contributed by atoms with E-state index in [4.69, 9.17) is 11.6 Å². The van der Waals surface area contributed by atoms with Crippen LogP contribution in [0.4, 0.5) is 5.69 Å². The Labute approximate surface area is 110 Å². The van der Waals surface area contributed by atoms with Gasteiger partial charge >= 0.3 is 0 Å². The molecule has 0 aliphatic rings. The maximum absolute atomic E-state index is 5.91. The number of aromatic nitrogens is 2. The Hall–Kier alpha value is -1.13. The maximum atomic E-state index is 5.91. The summed E-state index contributed by atoms with van der Waals surface area (Å²) in [6.45, 7) is 2.89. The van der Waals surface area contributed by atoms with E-state index in [1.165, 1.54) is 4.88 Å². The lowest BCUT2D eigenvalue weighted by Gasteiger charge is -2.21. The molecule has 2 rings (SSSR count). The number of pyridine rings is 1. The summed E-state index contributed by atoms with van der Waals surface area (Å²) >= 11 is 7.60. The van der Waals surface area contributed by atoms with E-state index in [-0.39, 0.29) is 0 Å². The summed E-state index contributed by atoms with van der Waals surface area (Å²) in [5, 5.41) is 0. The highest BCUT2D eigenvalue weighted by Crippen LogP contribution is 2.23. The number of thiazole rings is 1. The molecule has 0 N–H and O–H groups in total. The number of aryl methyl sites for hydroxylation is 1. The van der Waals surface area contributed by atoms with Gasteiger partial charge in [0.2, 0.25) is 0 Å². The van der Waals surface area contributed by atoms with E-state index in [1.807, 2.05) is 24.7 Å². The van der Waals surface area contributed by atoms with Crippen molar-refractivity contribution in [1.82, 2.24) is 9.97 Å². The third kappa shape index (κ3) is 2.76. The molecule has 0 spiro atoms. The van der Waals surface area contributed by atoms with E-state index >= 15 is 0 Å². The Balaban J connectivity index is 2.20. The number of halogens is 1. The van der Waals surface area contributed by atoms with Crippen LogP contribution in [0.2, 0.25) is 0 Å². The second kappa shape index (κ2) is 5.47. The first kappa shape index (κ1) is 12.3. The lowest BCUT2D eigenvalue weighted by atomic mass is 10.2. The zero-order chi connectivity index (χ0) is 12.3. The minimum Gasteiger partial charge on any atom is -0.369 e. The molecule has 5 heteroatoms. The number of hydrogen-bond donors (Lipinski definition) is 0. The van der Waals surface area contributed by atoms with Crippen molar-refractivity contribution in [3.05, 3.63) is 40.1 Å². The molecule has 0 amide bonds. The Morgan fingerprint density at radius 3 is 2.94 bits per heavy atom. The van der Waals surface area contributed by atoms with Gasteiger partial charge in [-0.2, -0.15) is 0 Å². The highest BCUT2D eigenvalue weighted by Gasteiger charge is 2.09. The molecule has 0 saturated heterocycles. The molecule has 0 unspecified atom stereocenters. The minimum absolute atomic E-state index is 0.481. The van der Waals surface area contributed by atoms with E-state index < -0.39 is 0 Å². The van der Waals surface area contributed by atoms with Crippen LogP contribution >= 0.6 is 22.9 Å². The second-order valence-corrected chi connectivity index (χ2v) is 5.06. The fourth-order valence-corrected chi connectivity index (χ4v) is 2.71. The fraction of sp³-hybridized carbons (Fsp3) is 0.333. The monoisotopic (exact) mass is 267 g/mol. The van der Waals surface area contributed by atoms with Crippen LogP contribution in [0.3, 0.4) is 0 Å². The van der Waals surface area contributed by atoms with Crippen molar-refractivity contribution in [2.24, 2.45) is 0 Å². The smallest absolute Gasteiger partial charge is 0.0798 e. The average molecular weight is 268 g/mol. The Kier molecular flexibility index (Phi) is 3.97. The molecule has 0 atom stereocenters. The Bertz CT molecular complexity index is 498. The molecule has 0 saturated carbocycles. The molecule has 2 heterocycles. The van der Waals surface area contributed by atoms with Crippen LogP contribution < -0.4 is 4.90 Å². The van der Waals surface area contributed by atoms with Gasteiger partial charge in [-0.05, 0) is 13.0 Å². The van der Waals surface area contributed by atoms with E-state index in [0.717, 1.165) is 23.5 Å². The van der Waals surface area contributed by atoms with Crippen LogP contribution in [-0.4, -0.2) is 17.0 Å². The summed E-state index contributed by atoms with van der Waals surface area (Å²) < 4.78 is 0. The highest BCUT2D eigenvalue weighted by atomic mass is 35.5. The lowest BCUT2D eigenvalue weighted by Crippen LogP contribution is -2.17. The summed E-state index contributed by atoms with van der Waals surface area (Å²) in [5.41, 5.74) is 5.16. The standard InChI is InChI=1S/C12H14ClN3S/c1-9-12(17-8-15-9)7-16(2)11-3-4-14-6-10(11)5-13/h3-4,6,8H,5,7H2,1-2H3. The first-order chi connectivity index (χ1) is 8.22. The SMILES string of the molecule is Cc1ncsc1CN(C)c1ccncc1CCl. The van der Waals surface area contributed by atoms with Crippen LogP contribution in [0, 0.1) is 6.92 Å².